The van der Waals surface area contributed by atoms with Crippen molar-refractivity contribution in [2.75, 3.05) is 5.43 Å². The maximum Gasteiger partial charge on any atom is 0.237 e. The van der Waals surface area contributed by atoms with E-state index in [2.05, 4.69) is 20.4 Å². The molecule has 3 aromatic rings. The van der Waals surface area contributed by atoms with E-state index in [1.165, 1.54) is 0 Å². The molecule has 0 bridgehead atoms. The molecule has 6 heteroatoms. The van der Waals surface area contributed by atoms with E-state index < -0.39 is 0 Å². The highest BCUT2D eigenvalue weighted by atomic mass is 15.3. The van der Waals surface area contributed by atoms with Gasteiger partial charge in [0.15, 0.2) is 0 Å². The van der Waals surface area contributed by atoms with Crippen LogP contribution in [0.2, 0.25) is 0 Å². The zero-order chi connectivity index (χ0) is 13.4. The fourth-order valence-electron chi connectivity index (χ4n) is 2.08. The van der Waals surface area contributed by atoms with Crippen LogP contribution >= 0.6 is 0 Å². The van der Waals surface area contributed by atoms with E-state index in [1.54, 1.807) is 6.33 Å². The number of benzene rings is 1. The topological polar surface area (TPSA) is 81.7 Å². The molecule has 0 saturated carbocycles. The Hall–Kier alpha value is -2.47. The van der Waals surface area contributed by atoms with Crippen LogP contribution in [0.3, 0.4) is 0 Å². The molecule has 3 rings (SSSR count). The molecule has 1 aromatic carbocycles. The second kappa shape index (κ2) is 4.33. The molecule has 96 valence electrons. The quantitative estimate of drug-likeness (QED) is 0.536. The molecule has 2 aromatic heterocycles. The van der Waals surface area contributed by atoms with Crippen LogP contribution in [-0.4, -0.2) is 19.5 Å². The van der Waals surface area contributed by atoms with Crippen molar-refractivity contribution < 1.29 is 0 Å². The molecule has 0 fully saturated rings. The third kappa shape index (κ3) is 2.02. The molecule has 3 N–H and O–H groups in total. The monoisotopic (exact) mass is 254 g/mol. The lowest BCUT2D eigenvalue weighted by molar-refractivity contribution is 0.948. The van der Waals surface area contributed by atoms with Gasteiger partial charge in [0.2, 0.25) is 5.95 Å². The second-order valence-corrected chi connectivity index (χ2v) is 4.42. The van der Waals surface area contributed by atoms with E-state index in [4.69, 9.17) is 5.84 Å². The van der Waals surface area contributed by atoms with Crippen LogP contribution in [0, 0.1) is 6.92 Å². The lowest BCUT2D eigenvalue weighted by atomic mass is 10.1. The fraction of sp³-hybridized carbons (Fsp3) is 0.154. The lowest BCUT2D eigenvalue weighted by Gasteiger charge is -2.05. The lowest BCUT2D eigenvalue weighted by Crippen LogP contribution is -2.11. The Morgan fingerprint density at radius 1 is 1.21 bits per heavy atom. The predicted molar refractivity (Wildman–Crippen MR) is 74.3 cm³/mol. The number of hydrazine groups is 1. The van der Waals surface area contributed by atoms with Crippen molar-refractivity contribution in [1.29, 1.82) is 0 Å². The van der Waals surface area contributed by atoms with Crippen molar-refractivity contribution in [3.05, 3.63) is 36.3 Å². The molecule has 19 heavy (non-hydrogen) atoms. The number of aromatic nitrogens is 4. The molecular weight excluding hydrogens is 240 g/mol. The Bertz CT molecular complexity index is 746. The second-order valence-electron chi connectivity index (χ2n) is 4.42. The summed E-state index contributed by atoms with van der Waals surface area (Å²) in [4.78, 5) is 12.9. The first-order valence-electron chi connectivity index (χ1n) is 5.91. The first kappa shape index (κ1) is 11.6. The number of aryl methyl sites for hydroxylation is 2. The van der Waals surface area contributed by atoms with Crippen molar-refractivity contribution in [3.63, 3.8) is 0 Å². The van der Waals surface area contributed by atoms with Crippen molar-refractivity contribution in [1.82, 2.24) is 19.5 Å². The molecule has 0 saturated heterocycles. The molecule has 0 aliphatic heterocycles. The van der Waals surface area contributed by atoms with Gasteiger partial charge >= 0.3 is 0 Å². The summed E-state index contributed by atoms with van der Waals surface area (Å²) in [7, 11) is 1.97. The standard InChI is InChI=1S/C13H14N6/c1-8-5-10(17-13(16-8)18-14)9-3-4-12-11(6-9)15-7-19(12)2/h3-7H,14H2,1-2H3,(H,16,17,18). The van der Waals surface area contributed by atoms with Crippen LogP contribution < -0.4 is 11.3 Å². The number of fused-ring (bicyclic) bond motifs is 1. The van der Waals surface area contributed by atoms with Gasteiger partial charge in [0.1, 0.15) is 0 Å². The smallest absolute Gasteiger partial charge is 0.237 e. The Morgan fingerprint density at radius 2 is 2.05 bits per heavy atom. The largest absolute Gasteiger partial charge is 0.334 e. The SMILES string of the molecule is Cc1cc(-c2ccc3c(c2)ncn3C)nc(NN)n1. The van der Waals surface area contributed by atoms with Gasteiger partial charge in [0.05, 0.1) is 23.1 Å². The fourth-order valence-corrected chi connectivity index (χ4v) is 2.08. The Labute approximate surface area is 110 Å². The number of nitrogens with one attached hydrogen (secondary N) is 1. The van der Waals surface area contributed by atoms with E-state index >= 15 is 0 Å². The Balaban J connectivity index is 2.15. The maximum atomic E-state index is 5.37. The Kier molecular flexibility index (Phi) is 2.64. The molecular formula is C13H14N6. The Morgan fingerprint density at radius 3 is 2.84 bits per heavy atom. The summed E-state index contributed by atoms with van der Waals surface area (Å²) in [5, 5.41) is 0. The number of nitrogens with zero attached hydrogens (tertiary/aromatic N) is 4. The minimum atomic E-state index is 0.413. The summed E-state index contributed by atoms with van der Waals surface area (Å²) in [6.45, 7) is 1.91. The summed E-state index contributed by atoms with van der Waals surface area (Å²) in [6.07, 6.45) is 1.80. The van der Waals surface area contributed by atoms with E-state index in [1.807, 2.05) is 42.8 Å². The molecule has 2 heterocycles. The number of anilines is 1. The summed E-state index contributed by atoms with van der Waals surface area (Å²) in [6, 6.07) is 7.99. The molecule has 0 aliphatic rings. The first-order valence-corrected chi connectivity index (χ1v) is 5.91. The highest BCUT2D eigenvalue weighted by molar-refractivity contribution is 5.81. The number of imidazole rings is 1. The van der Waals surface area contributed by atoms with Gasteiger partial charge in [0.25, 0.3) is 0 Å². The van der Waals surface area contributed by atoms with Crippen molar-refractivity contribution in [2.45, 2.75) is 6.92 Å². The number of hydrogen-bond acceptors (Lipinski definition) is 5. The van der Waals surface area contributed by atoms with Gasteiger partial charge < -0.3 is 4.57 Å². The number of hydrogen-bond donors (Lipinski definition) is 2. The summed E-state index contributed by atoms with van der Waals surface area (Å²) >= 11 is 0. The van der Waals surface area contributed by atoms with Crippen LogP contribution in [-0.2, 0) is 7.05 Å². The minimum absolute atomic E-state index is 0.413. The minimum Gasteiger partial charge on any atom is -0.334 e. The average Bonchev–Trinajstić information content (AvgIpc) is 2.79. The van der Waals surface area contributed by atoms with Crippen LogP contribution in [0.25, 0.3) is 22.3 Å². The van der Waals surface area contributed by atoms with E-state index in [0.29, 0.717) is 5.95 Å². The molecule has 0 aliphatic carbocycles. The van der Waals surface area contributed by atoms with E-state index in [9.17, 15) is 0 Å². The van der Waals surface area contributed by atoms with Gasteiger partial charge in [-0.1, -0.05) is 6.07 Å². The van der Waals surface area contributed by atoms with E-state index in [0.717, 1.165) is 28.0 Å². The summed E-state index contributed by atoms with van der Waals surface area (Å²) < 4.78 is 1.98. The summed E-state index contributed by atoms with van der Waals surface area (Å²) in [5.41, 5.74) is 7.19. The third-order valence-corrected chi connectivity index (χ3v) is 3.00. The number of nitrogen functional groups attached to an aromatic ring is 1. The number of rotatable bonds is 2. The molecule has 0 atom stereocenters. The third-order valence-electron chi connectivity index (χ3n) is 3.00. The zero-order valence-electron chi connectivity index (χ0n) is 10.8. The van der Waals surface area contributed by atoms with Gasteiger partial charge in [0, 0.05) is 18.3 Å². The number of nitrogens with two attached hydrogens (primary N) is 1. The van der Waals surface area contributed by atoms with Crippen molar-refractivity contribution >= 4 is 17.0 Å². The highest BCUT2D eigenvalue weighted by Crippen LogP contribution is 2.23. The molecule has 6 nitrogen and oxygen atoms in total. The van der Waals surface area contributed by atoms with Gasteiger partial charge in [-0.15, -0.1) is 0 Å². The molecule has 0 amide bonds. The highest BCUT2D eigenvalue weighted by Gasteiger charge is 2.06. The maximum absolute atomic E-state index is 5.37. The van der Waals surface area contributed by atoms with Gasteiger partial charge in [-0.25, -0.2) is 20.8 Å². The summed E-state index contributed by atoms with van der Waals surface area (Å²) in [5.74, 6) is 5.78. The molecule has 0 unspecified atom stereocenters. The van der Waals surface area contributed by atoms with Crippen LogP contribution in [0.1, 0.15) is 5.69 Å². The van der Waals surface area contributed by atoms with E-state index in [-0.39, 0.29) is 0 Å². The molecule has 0 radical (unpaired) electrons. The zero-order valence-corrected chi connectivity index (χ0v) is 10.8. The van der Waals surface area contributed by atoms with Gasteiger partial charge in [-0.2, -0.15) is 0 Å². The normalized spacial score (nSPS) is 10.9. The van der Waals surface area contributed by atoms with Gasteiger partial charge in [-0.3, -0.25) is 5.43 Å². The predicted octanol–water partition coefficient (Wildman–Crippen LogP) is 1.62. The first-order chi connectivity index (χ1) is 9.17. The molecule has 0 spiro atoms. The van der Waals surface area contributed by atoms with Crippen molar-refractivity contribution in [2.24, 2.45) is 12.9 Å². The van der Waals surface area contributed by atoms with Crippen molar-refractivity contribution in [3.8, 4) is 11.3 Å². The van der Waals surface area contributed by atoms with Gasteiger partial charge in [-0.05, 0) is 25.1 Å². The van der Waals surface area contributed by atoms with Crippen LogP contribution in [0.5, 0.6) is 0 Å². The van der Waals surface area contributed by atoms with Crippen LogP contribution in [0.15, 0.2) is 30.6 Å². The average molecular weight is 254 g/mol. The van der Waals surface area contributed by atoms with Crippen LogP contribution in [0.4, 0.5) is 5.95 Å².